The second kappa shape index (κ2) is 5.74. The Morgan fingerprint density at radius 2 is 2.29 bits per heavy atom. The van der Waals surface area contributed by atoms with E-state index in [2.05, 4.69) is 11.8 Å². The number of anilines is 1. The number of nitrogens with two attached hydrogens (primary N) is 1. The lowest BCUT2D eigenvalue weighted by atomic mass is 9.95. The quantitative estimate of drug-likeness (QED) is 0.834. The molecular weight excluding hydrogens is 232 g/mol. The van der Waals surface area contributed by atoms with E-state index >= 15 is 0 Å². The average molecular weight is 253 g/mol. The number of hydrogen-bond acceptors (Lipinski definition) is 2. The highest BCUT2D eigenvalue weighted by molar-refractivity contribution is 6.31. The topological polar surface area (TPSA) is 29.3 Å². The lowest BCUT2D eigenvalue weighted by Crippen LogP contribution is -2.34. The SMILES string of the molecule is CCC1CCCN(Cc2c(N)cccc2Cl)C1. The average Bonchev–Trinajstić information content (AvgIpc) is 2.34. The molecule has 1 saturated heterocycles. The van der Waals surface area contributed by atoms with E-state index in [1.807, 2.05) is 18.2 Å². The second-order valence-corrected chi connectivity index (χ2v) is 5.37. The molecule has 0 radical (unpaired) electrons. The first-order chi connectivity index (χ1) is 8.20. The third-order valence-electron chi connectivity index (χ3n) is 3.72. The summed E-state index contributed by atoms with van der Waals surface area (Å²) >= 11 is 6.21. The van der Waals surface area contributed by atoms with Crippen LogP contribution in [0.4, 0.5) is 5.69 Å². The highest BCUT2D eigenvalue weighted by Gasteiger charge is 2.19. The number of halogens is 1. The highest BCUT2D eigenvalue weighted by atomic mass is 35.5. The van der Waals surface area contributed by atoms with Crippen molar-refractivity contribution in [2.24, 2.45) is 5.92 Å². The molecule has 1 aromatic rings. The third kappa shape index (κ3) is 3.14. The maximum atomic E-state index is 6.21. The van der Waals surface area contributed by atoms with Crippen molar-refractivity contribution >= 4 is 17.3 Å². The van der Waals surface area contributed by atoms with Gasteiger partial charge in [0.2, 0.25) is 0 Å². The molecule has 0 spiro atoms. The summed E-state index contributed by atoms with van der Waals surface area (Å²) in [6, 6.07) is 5.77. The molecule has 1 aromatic carbocycles. The van der Waals surface area contributed by atoms with Gasteiger partial charge in [-0.2, -0.15) is 0 Å². The van der Waals surface area contributed by atoms with E-state index in [1.54, 1.807) is 0 Å². The van der Waals surface area contributed by atoms with Crippen LogP contribution in [0.3, 0.4) is 0 Å². The van der Waals surface area contributed by atoms with Crippen LogP contribution < -0.4 is 5.73 Å². The number of rotatable bonds is 3. The standard InChI is InChI=1S/C14H21ClN2/c1-2-11-5-4-8-17(9-11)10-12-13(15)6-3-7-14(12)16/h3,6-7,11H,2,4-5,8-10,16H2,1H3. The molecule has 0 saturated carbocycles. The predicted octanol–water partition coefficient (Wildman–Crippen LogP) is 3.54. The van der Waals surface area contributed by atoms with E-state index in [9.17, 15) is 0 Å². The maximum Gasteiger partial charge on any atom is 0.0471 e. The van der Waals surface area contributed by atoms with E-state index in [-0.39, 0.29) is 0 Å². The fourth-order valence-corrected chi connectivity index (χ4v) is 2.84. The van der Waals surface area contributed by atoms with Crippen LogP contribution in [0, 0.1) is 5.92 Å². The number of piperidine rings is 1. The zero-order chi connectivity index (χ0) is 12.3. The maximum absolute atomic E-state index is 6.21. The van der Waals surface area contributed by atoms with Crippen molar-refractivity contribution in [3.63, 3.8) is 0 Å². The Morgan fingerprint density at radius 3 is 3.00 bits per heavy atom. The molecule has 1 unspecified atom stereocenters. The monoisotopic (exact) mass is 252 g/mol. The number of nitrogen functional groups attached to an aromatic ring is 1. The number of hydrogen-bond donors (Lipinski definition) is 1. The van der Waals surface area contributed by atoms with Gasteiger partial charge in [-0.3, -0.25) is 4.90 Å². The first kappa shape index (κ1) is 12.7. The largest absolute Gasteiger partial charge is 0.398 e. The molecule has 3 heteroatoms. The Hall–Kier alpha value is -0.730. The molecule has 2 rings (SSSR count). The van der Waals surface area contributed by atoms with Crippen molar-refractivity contribution in [3.8, 4) is 0 Å². The zero-order valence-corrected chi connectivity index (χ0v) is 11.2. The van der Waals surface area contributed by atoms with Crippen LogP contribution in [0.2, 0.25) is 5.02 Å². The summed E-state index contributed by atoms with van der Waals surface area (Å²) in [4.78, 5) is 2.48. The highest BCUT2D eigenvalue weighted by Crippen LogP contribution is 2.26. The van der Waals surface area contributed by atoms with Crippen molar-refractivity contribution in [2.45, 2.75) is 32.7 Å². The number of nitrogens with zero attached hydrogens (tertiary/aromatic N) is 1. The summed E-state index contributed by atoms with van der Waals surface area (Å²) in [6.45, 7) is 5.52. The van der Waals surface area contributed by atoms with Gasteiger partial charge < -0.3 is 5.73 Å². The van der Waals surface area contributed by atoms with Crippen molar-refractivity contribution in [1.29, 1.82) is 0 Å². The molecule has 1 aliphatic rings. The van der Waals surface area contributed by atoms with Gasteiger partial charge in [0.05, 0.1) is 0 Å². The molecule has 1 aliphatic heterocycles. The molecule has 1 atom stereocenters. The van der Waals surface area contributed by atoms with Gasteiger partial charge in [-0.05, 0) is 37.4 Å². The van der Waals surface area contributed by atoms with Crippen molar-refractivity contribution in [3.05, 3.63) is 28.8 Å². The van der Waals surface area contributed by atoms with E-state index < -0.39 is 0 Å². The van der Waals surface area contributed by atoms with Crippen LogP contribution in [0.1, 0.15) is 31.7 Å². The van der Waals surface area contributed by atoms with Gasteiger partial charge in [0.1, 0.15) is 0 Å². The van der Waals surface area contributed by atoms with Gasteiger partial charge in [0, 0.05) is 29.4 Å². The summed E-state index contributed by atoms with van der Waals surface area (Å²) < 4.78 is 0. The van der Waals surface area contributed by atoms with Crippen molar-refractivity contribution in [1.82, 2.24) is 4.90 Å². The summed E-state index contributed by atoms with van der Waals surface area (Å²) in [5, 5.41) is 0.795. The first-order valence-electron chi connectivity index (χ1n) is 6.46. The molecule has 2 nitrogen and oxygen atoms in total. The van der Waals surface area contributed by atoms with E-state index in [0.29, 0.717) is 0 Å². The van der Waals surface area contributed by atoms with Gasteiger partial charge in [-0.15, -0.1) is 0 Å². The van der Waals surface area contributed by atoms with Gasteiger partial charge in [-0.1, -0.05) is 31.0 Å². The molecular formula is C14H21ClN2. The smallest absolute Gasteiger partial charge is 0.0471 e. The minimum atomic E-state index is 0.795. The summed E-state index contributed by atoms with van der Waals surface area (Å²) in [5.74, 6) is 0.840. The molecule has 2 N–H and O–H groups in total. The van der Waals surface area contributed by atoms with Gasteiger partial charge in [-0.25, -0.2) is 0 Å². The van der Waals surface area contributed by atoms with Crippen molar-refractivity contribution < 1.29 is 0 Å². The lowest BCUT2D eigenvalue weighted by molar-refractivity contribution is 0.165. The molecule has 0 bridgehead atoms. The lowest BCUT2D eigenvalue weighted by Gasteiger charge is -2.32. The van der Waals surface area contributed by atoms with E-state index in [1.165, 1.54) is 32.4 Å². The van der Waals surface area contributed by atoms with Crippen LogP contribution >= 0.6 is 11.6 Å². The normalized spacial score (nSPS) is 21.6. The van der Waals surface area contributed by atoms with Crippen LogP contribution in [0.15, 0.2) is 18.2 Å². The van der Waals surface area contributed by atoms with Crippen LogP contribution in [-0.2, 0) is 6.54 Å². The zero-order valence-electron chi connectivity index (χ0n) is 10.5. The van der Waals surface area contributed by atoms with Crippen LogP contribution in [0.5, 0.6) is 0 Å². The van der Waals surface area contributed by atoms with Crippen molar-refractivity contribution in [2.75, 3.05) is 18.8 Å². The van der Waals surface area contributed by atoms with Crippen LogP contribution in [-0.4, -0.2) is 18.0 Å². The fourth-order valence-electron chi connectivity index (χ4n) is 2.59. The van der Waals surface area contributed by atoms with E-state index in [4.69, 9.17) is 17.3 Å². The molecule has 1 fully saturated rings. The van der Waals surface area contributed by atoms with Crippen LogP contribution in [0.25, 0.3) is 0 Å². The third-order valence-corrected chi connectivity index (χ3v) is 4.07. The molecule has 0 amide bonds. The minimum Gasteiger partial charge on any atom is -0.398 e. The molecule has 1 heterocycles. The Bertz CT molecular complexity index is 358. The Balaban J connectivity index is 2.05. The summed E-state index contributed by atoms with van der Waals surface area (Å²) in [6.07, 6.45) is 3.93. The molecule has 0 aromatic heterocycles. The second-order valence-electron chi connectivity index (χ2n) is 4.96. The van der Waals surface area contributed by atoms with Gasteiger partial charge in [0.25, 0.3) is 0 Å². The van der Waals surface area contributed by atoms with Gasteiger partial charge in [0.15, 0.2) is 0 Å². The minimum absolute atomic E-state index is 0.795. The summed E-state index contributed by atoms with van der Waals surface area (Å²) in [5.41, 5.74) is 7.90. The number of likely N-dealkylation sites (tertiary alicyclic amines) is 1. The Labute approximate surface area is 109 Å². The molecule has 17 heavy (non-hydrogen) atoms. The first-order valence-corrected chi connectivity index (χ1v) is 6.83. The van der Waals surface area contributed by atoms with E-state index in [0.717, 1.165) is 28.7 Å². The Kier molecular flexibility index (Phi) is 4.30. The molecule has 0 aliphatic carbocycles. The van der Waals surface area contributed by atoms with Gasteiger partial charge >= 0.3 is 0 Å². The molecule has 94 valence electrons. The number of benzene rings is 1. The summed E-state index contributed by atoms with van der Waals surface area (Å²) in [7, 11) is 0. The Morgan fingerprint density at radius 1 is 1.47 bits per heavy atom. The fraction of sp³-hybridized carbons (Fsp3) is 0.571. The predicted molar refractivity (Wildman–Crippen MR) is 74.2 cm³/mol.